The Balaban J connectivity index is 2.14. The van der Waals surface area contributed by atoms with Crippen LogP contribution in [0.25, 0.3) is 0 Å². The Kier molecular flexibility index (Phi) is 4.13. The predicted molar refractivity (Wildman–Crippen MR) is 70.2 cm³/mol. The molecule has 0 bridgehead atoms. The van der Waals surface area contributed by atoms with E-state index in [1.165, 1.54) is 10.9 Å². The molecule has 3 nitrogen and oxygen atoms in total. The average Bonchev–Trinajstić information content (AvgIpc) is 2.85. The largest absolute Gasteiger partial charge is 0.435 e. The van der Waals surface area contributed by atoms with Crippen LogP contribution in [-0.4, -0.2) is 16.8 Å². The van der Waals surface area contributed by atoms with Gasteiger partial charge in [-0.15, -0.1) is 0 Å². The van der Waals surface area contributed by atoms with Crippen LogP contribution < -0.4 is 5.32 Å². The highest BCUT2D eigenvalue weighted by Gasteiger charge is 2.33. The molecule has 0 aliphatic rings. The number of hydrogen-bond donors (Lipinski definition) is 1. The van der Waals surface area contributed by atoms with Gasteiger partial charge in [0.05, 0.1) is 12.6 Å². The summed E-state index contributed by atoms with van der Waals surface area (Å²) in [5, 5.41) is 6.66. The van der Waals surface area contributed by atoms with Crippen LogP contribution in [0.2, 0.25) is 0 Å². The van der Waals surface area contributed by atoms with Crippen molar-refractivity contribution >= 4 is 0 Å². The summed E-state index contributed by atoms with van der Waals surface area (Å²) in [6.45, 7) is 2.33. The van der Waals surface area contributed by atoms with Crippen molar-refractivity contribution in [2.24, 2.45) is 0 Å². The molecular weight excluding hydrogens is 267 g/mol. The fourth-order valence-corrected chi connectivity index (χ4v) is 1.96. The van der Waals surface area contributed by atoms with Crippen molar-refractivity contribution in [3.63, 3.8) is 0 Å². The van der Waals surface area contributed by atoms with Gasteiger partial charge in [-0.25, -0.2) is 0 Å². The SMILES string of the molecule is CNC(Cn1ccc(C(F)(F)F)n1)c1ccc(C)cc1. The summed E-state index contributed by atoms with van der Waals surface area (Å²) in [7, 11) is 1.78. The number of aryl methyl sites for hydroxylation is 1. The van der Waals surface area contributed by atoms with Crippen LogP contribution >= 0.6 is 0 Å². The number of rotatable bonds is 4. The molecule has 1 unspecified atom stereocenters. The summed E-state index contributed by atoms with van der Waals surface area (Å²) < 4.78 is 38.8. The van der Waals surface area contributed by atoms with Gasteiger partial charge in [-0.05, 0) is 25.6 Å². The fraction of sp³-hybridized carbons (Fsp3) is 0.357. The zero-order valence-corrected chi connectivity index (χ0v) is 11.3. The summed E-state index contributed by atoms with van der Waals surface area (Å²) in [5.74, 6) is 0. The molecule has 1 N–H and O–H groups in total. The lowest BCUT2D eigenvalue weighted by Gasteiger charge is -2.17. The first-order valence-electron chi connectivity index (χ1n) is 6.24. The summed E-state index contributed by atoms with van der Waals surface area (Å²) >= 11 is 0. The third-order valence-corrected chi connectivity index (χ3v) is 3.13. The van der Waals surface area contributed by atoms with Gasteiger partial charge in [-0.3, -0.25) is 4.68 Å². The molecule has 1 aromatic carbocycles. The zero-order valence-electron chi connectivity index (χ0n) is 11.3. The maximum Gasteiger partial charge on any atom is 0.435 e. The molecule has 0 fully saturated rings. The zero-order chi connectivity index (χ0) is 14.8. The fourth-order valence-electron chi connectivity index (χ4n) is 1.96. The molecular formula is C14H16F3N3. The molecule has 6 heteroatoms. The molecule has 2 rings (SSSR count). The summed E-state index contributed by atoms with van der Waals surface area (Å²) in [5.41, 5.74) is 1.29. The van der Waals surface area contributed by atoms with Crippen molar-refractivity contribution in [3.05, 3.63) is 53.3 Å². The van der Waals surface area contributed by atoms with Gasteiger partial charge >= 0.3 is 6.18 Å². The quantitative estimate of drug-likeness (QED) is 0.934. The second-order valence-electron chi connectivity index (χ2n) is 4.67. The summed E-state index contributed by atoms with van der Waals surface area (Å²) in [6.07, 6.45) is -3.05. The second kappa shape index (κ2) is 5.66. The monoisotopic (exact) mass is 283 g/mol. The van der Waals surface area contributed by atoms with Crippen LogP contribution in [0, 0.1) is 6.92 Å². The number of likely N-dealkylation sites (N-methyl/N-ethyl adjacent to an activating group) is 1. The van der Waals surface area contributed by atoms with Crippen molar-refractivity contribution in [1.29, 1.82) is 0 Å². The maximum absolute atomic E-state index is 12.5. The molecule has 0 spiro atoms. The third-order valence-electron chi connectivity index (χ3n) is 3.13. The summed E-state index contributed by atoms with van der Waals surface area (Å²) in [6, 6.07) is 8.78. The number of hydrogen-bond acceptors (Lipinski definition) is 2. The van der Waals surface area contributed by atoms with E-state index >= 15 is 0 Å². The van der Waals surface area contributed by atoms with Crippen LogP contribution in [0.3, 0.4) is 0 Å². The summed E-state index contributed by atoms with van der Waals surface area (Å²) in [4.78, 5) is 0. The standard InChI is InChI=1S/C14H16F3N3/c1-10-3-5-11(6-4-10)12(18-2)9-20-8-7-13(19-20)14(15,16)17/h3-8,12,18H,9H2,1-2H3. The van der Waals surface area contributed by atoms with Crippen LogP contribution in [0.1, 0.15) is 22.9 Å². The average molecular weight is 283 g/mol. The number of halogens is 3. The van der Waals surface area contributed by atoms with E-state index in [4.69, 9.17) is 0 Å². The van der Waals surface area contributed by atoms with Gasteiger partial charge < -0.3 is 5.32 Å². The lowest BCUT2D eigenvalue weighted by molar-refractivity contribution is -0.141. The lowest BCUT2D eigenvalue weighted by Crippen LogP contribution is -2.22. The van der Waals surface area contributed by atoms with Crippen molar-refractivity contribution in [3.8, 4) is 0 Å². The van der Waals surface area contributed by atoms with Crippen molar-refractivity contribution in [1.82, 2.24) is 15.1 Å². The van der Waals surface area contributed by atoms with Crippen LogP contribution in [0.5, 0.6) is 0 Å². The predicted octanol–water partition coefficient (Wildman–Crippen LogP) is 3.17. The van der Waals surface area contributed by atoms with Crippen LogP contribution in [0.15, 0.2) is 36.5 Å². The molecule has 108 valence electrons. The highest BCUT2D eigenvalue weighted by Crippen LogP contribution is 2.27. The van der Waals surface area contributed by atoms with Gasteiger partial charge in [-0.1, -0.05) is 29.8 Å². The van der Waals surface area contributed by atoms with E-state index in [0.717, 1.165) is 17.2 Å². The van der Waals surface area contributed by atoms with Gasteiger partial charge in [0.25, 0.3) is 0 Å². The normalized spacial score (nSPS) is 13.4. The minimum absolute atomic E-state index is 0.0865. The van der Waals surface area contributed by atoms with Gasteiger partial charge in [0, 0.05) is 6.20 Å². The van der Waals surface area contributed by atoms with Gasteiger partial charge in [0.15, 0.2) is 5.69 Å². The minimum Gasteiger partial charge on any atom is -0.311 e. The highest BCUT2D eigenvalue weighted by atomic mass is 19.4. The number of nitrogens with one attached hydrogen (secondary N) is 1. The third kappa shape index (κ3) is 3.39. The number of nitrogens with zero attached hydrogens (tertiary/aromatic N) is 2. The molecule has 0 aliphatic heterocycles. The van der Waals surface area contributed by atoms with E-state index in [9.17, 15) is 13.2 Å². The lowest BCUT2D eigenvalue weighted by atomic mass is 10.1. The minimum atomic E-state index is -4.40. The molecule has 0 radical (unpaired) electrons. The van der Waals surface area contributed by atoms with Gasteiger partial charge in [0.2, 0.25) is 0 Å². The van der Waals surface area contributed by atoms with Crippen molar-refractivity contribution in [2.45, 2.75) is 25.7 Å². The number of benzene rings is 1. The van der Waals surface area contributed by atoms with E-state index in [-0.39, 0.29) is 6.04 Å². The Morgan fingerprint density at radius 3 is 2.35 bits per heavy atom. The Hall–Kier alpha value is -1.82. The van der Waals surface area contributed by atoms with E-state index in [2.05, 4.69) is 10.4 Å². The number of alkyl halides is 3. The van der Waals surface area contributed by atoms with Crippen molar-refractivity contribution in [2.75, 3.05) is 7.05 Å². The van der Waals surface area contributed by atoms with Crippen LogP contribution in [0.4, 0.5) is 13.2 Å². The highest BCUT2D eigenvalue weighted by molar-refractivity contribution is 5.24. The second-order valence-corrected chi connectivity index (χ2v) is 4.67. The molecule has 0 saturated heterocycles. The Labute approximate surface area is 115 Å². The van der Waals surface area contributed by atoms with Gasteiger partial charge in [0.1, 0.15) is 0 Å². The van der Waals surface area contributed by atoms with Crippen molar-refractivity contribution < 1.29 is 13.2 Å². The van der Waals surface area contributed by atoms with Gasteiger partial charge in [-0.2, -0.15) is 18.3 Å². The molecule has 1 aromatic heterocycles. The first kappa shape index (κ1) is 14.6. The van der Waals surface area contributed by atoms with E-state index in [0.29, 0.717) is 6.54 Å². The molecule has 0 amide bonds. The van der Waals surface area contributed by atoms with E-state index in [1.807, 2.05) is 31.2 Å². The first-order chi connectivity index (χ1) is 9.40. The Morgan fingerprint density at radius 2 is 1.85 bits per heavy atom. The topological polar surface area (TPSA) is 29.9 Å². The molecule has 1 heterocycles. The number of aromatic nitrogens is 2. The van der Waals surface area contributed by atoms with Crippen LogP contribution in [-0.2, 0) is 12.7 Å². The smallest absolute Gasteiger partial charge is 0.311 e. The maximum atomic E-state index is 12.5. The molecule has 2 aromatic rings. The Bertz CT molecular complexity index is 558. The van der Waals surface area contributed by atoms with E-state index < -0.39 is 11.9 Å². The van der Waals surface area contributed by atoms with E-state index in [1.54, 1.807) is 7.05 Å². The molecule has 0 aliphatic carbocycles. The molecule has 0 saturated carbocycles. The first-order valence-corrected chi connectivity index (χ1v) is 6.24. The Morgan fingerprint density at radius 1 is 1.20 bits per heavy atom. The molecule has 20 heavy (non-hydrogen) atoms. The molecule has 1 atom stereocenters.